The largest absolute Gasteiger partial charge is 0.372 e. The normalized spacial score (nSPS) is 23.7. The summed E-state index contributed by atoms with van der Waals surface area (Å²) >= 11 is 0. The Labute approximate surface area is 113 Å². The summed E-state index contributed by atoms with van der Waals surface area (Å²) in [5.74, 6) is 0.996. The summed E-state index contributed by atoms with van der Waals surface area (Å²) in [6, 6.07) is 0. The van der Waals surface area contributed by atoms with Gasteiger partial charge in [0.05, 0.1) is 17.9 Å². The quantitative estimate of drug-likeness (QED) is 0.838. The Hall–Kier alpha value is -1.36. The van der Waals surface area contributed by atoms with E-state index in [0.717, 1.165) is 17.0 Å². The molecule has 2 unspecified atom stereocenters. The molecule has 1 aliphatic heterocycles. The summed E-state index contributed by atoms with van der Waals surface area (Å²) in [4.78, 5) is 14.1. The number of aryl methyl sites for hydroxylation is 2. The number of morpholine rings is 1. The van der Waals surface area contributed by atoms with Crippen molar-refractivity contribution in [2.75, 3.05) is 13.1 Å². The molecule has 19 heavy (non-hydrogen) atoms. The van der Waals surface area contributed by atoms with E-state index in [4.69, 9.17) is 9.26 Å². The smallest absolute Gasteiger partial charge is 0.223 e. The van der Waals surface area contributed by atoms with Crippen molar-refractivity contribution in [2.45, 2.75) is 52.7 Å². The van der Waals surface area contributed by atoms with Crippen molar-refractivity contribution >= 4 is 5.91 Å². The molecule has 1 aromatic heterocycles. The standard InChI is InChI=1S/C14H22N2O3/c1-9-7-16(8-10(2)18-9)14(17)6-5-13-11(3)15-19-12(13)4/h9-10H,5-8H2,1-4H3. The number of rotatable bonds is 3. The van der Waals surface area contributed by atoms with Crippen molar-refractivity contribution in [3.63, 3.8) is 0 Å². The maximum Gasteiger partial charge on any atom is 0.223 e. The summed E-state index contributed by atoms with van der Waals surface area (Å²) in [5, 5.41) is 3.91. The van der Waals surface area contributed by atoms with Crippen LogP contribution in [0.25, 0.3) is 0 Å². The van der Waals surface area contributed by atoms with Crippen LogP contribution in [0.15, 0.2) is 4.52 Å². The number of ether oxygens (including phenoxy) is 1. The SMILES string of the molecule is Cc1noc(C)c1CCC(=O)N1CC(C)OC(C)C1. The highest BCUT2D eigenvalue weighted by Gasteiger charge is 2.25. The van der Waals surface area contributed by atoms with Crippen LogP contribution in [-0.2, 0) is 16.0 Å². The van der Waals surface area contributed by atoms with Crippen LogP contribution in [0.1, 0.15) is 37.3 Å². The van der Waals surface area contributed by atoms with E-state index < -0.39 is 0 Å². The first-order chi connectivity index (χ1) is 8.97. The molecule has 1 saturated heterocycles. The topological polar surface area (TPSA) is 55.6 Å². The fourth-order valence-electron chi connectivity index (χ4n) is 2.63. The average molecular weight is 266 g/mol. The van der Waals surface area contributed by atoms with E-state index in [1.807, 2.05) is 32.6 Å². The van der Waals surface area contributed by atoms with E-state index in [1.54, 1.807) is 0 Å². The van der Waals surface area contributed by atoms with E-state index in [0.29, 0.717) is 25.9 Å². The monoisotopic (exact) mass is 266 g/mol. The molecule has 1 aliphatic rings. The average Bonchev–Trinajstić information content (AvgIpc) is 2.65. The van der Waals surface area contributed by atoms with Gasteiger partial charge in [0.2, 0.25) is 5.91 Å². The molecular weight excluding hydrogens is 244 g/mol. The van der Waals surface area contributed by atoms with Gasteiger partial charge >= 0.3 is 0 Å². The van der Waals surface area contributed by atoms with E-state index in [-0.39, 0.29) is 18.1 Å². The summed E-state index contributed by atoms with van der Waals surface area (Å²) in [6.45, 7) is 9.18. The van der Waals surface area contributed by atoms with Crippen molar-refractivity contribution in [3.05, 3.63) is 17.0 Å². The molecule has 106 valence electrons. The second-order valence-electron chi connectivity index (χ2n) is 5.36. The van der Waals surface area contributed by atoms with Crippen molar-refractivity contribution < 1.29 is 14.1 Å². The Morgan fingerprint density at radius 1 is 1.32 bits per heavy atom. The molecule has 0 saturated carbocycles. The van der Waals surface area contributed by atoms with Gasteiger partial charge in [-0.2, -0.15) is 0 Å². The first kappa shape index (κ1) is 14.1. The Kier molecular flexibility index (Phi) is 4.24. The molecule has 0 bridgehead atoms. The third-order valence-corrected chi connectivity index (χ3v) is 3.54. The van der Waals surface area contributed by atoms with Crippen LogP contribution >= 0.6 is 0 Å². The highest BCUT2D eigenvalue weighted by molar-refractivity contribution is 5.76. The van der Waals surface area contributed by atoms with Crippen LogP contribution in [0.2, 0.25) is 0 Å². The summed E-state index contributed by atoms with van der Waals surface area (Å²) in [5.41, 5.74) is 1.94. The summed E-state index contributed by atoms with van der Waals surface area (Å²) < 4.78 is 10.7. The van der Waals surface area contributed by atoms with Gasteiger partial charge in [0, 0.05) is 25.1 Å². The number of aromatic nitrogens is 1. The Bertz CT molecular complexity index is 426. The second kappa shape index (κ2) is 5.74. The maximum atomic E-state index is 12.2. The van der Waals surface area contributed by atoms with Crippen molar-refractivity contribution in [1.29, 1.82) is 0 Å². The molecule has 0 radical (unpaired) electrons. The number of amides is 1. The van der Waals surface area contributed by atoms with E-state index in [1.165, 1.54) is 0 Å². The minimum atomic E-state index is 0.117. The van der Waals surface area contributed by atoms with E-state index >= 15 is 0 Å². The zero-order chi connectivity index (χ0) is 14.0. The van der Waals surface area contributed by atoms with Crippen LogP contribution in [-0.4, -0.2) is 41.3 Å². The van der Waals surface area contributed by atoms with Crippen LogP contribution in [0.5, 0.6) is 0 Å². The van der Waals surface area contributed by atoms with Gasteiger partial charge < -0.3 is 14.2 Å². The van der Waals surface area contributed by atoms with Crippen molar-refractivity contribution in [1.82, 2.24) is 10.1 Å². The van der Waals surface area contributed by atoms with Crippen molar-refractivity contribution in [3.8, 4) is 0 Å². The second-order valence-corrected chi connectivity index (χ2v) is 5.36. The highest BCUT2D eigenvalue weighted by Crippen LogP contribution is 2.17. The Balaban J connectivity index is 1.91. The molecule has 0 N–H and O–H groups in total. The van der Waals surface area contributed by atoms with Crippen LogP contribution in [0, 0.1) is 13.8 Å². The zero-order valence-corrected chi connectivity index (χ0v) is 12.1. The third-order valence-electron chi connectivity index (χ3n) is 3.54. The lowest BCUT2D eigenvalue weighted by atomic mass is 10.1. The molecule has 0 aromatic carbocycles. The van der Waals surface area contributed by atoms with Crippen LogP contribution in [0.3, 0.4) is 0 Å². The molecule has 2 heterocycles. The van der Waals surface area contributed by atoms with Gasteiger partial charge in [0.25, 0.3) is 0 Å². The Morgan fingerprint density at radius 3 is 2.47 bits per heavy atom. The summed E-state index contributed by atoms with van der Waals surface area (Å²) in [6.07, 6.45) is 1.43. The number of carbonyl (C=O) groups is 1. The molecule has 5 heteroatoms. The highest BCUT2D eigenvalue weighted by atomic mass is 16.5. The fourth-order valence-corrected chi connectivity index (χ4v) is 2.63. The lowest BCUT2D eigenvalue weighted by Gasteiger charge is -2.35. The third kappa shape index (κ3) is 3.35. The lowest BCUT2D eigenvalue weighted by Crippen LogP contribution is -2.48. The summed E-state index contributed by atoms with van der Waals surface area (Å²) in [7, 11) is 0. The molecule has 2 rings (SSSR count). The number of carbonyl (C=O) groups excluding carboxylic acids is 1. The molecule has 0 spiro atoms. The van der Waals surface area contributed by atoms with Gasteiger partial charge in [0.15, 0.2) is 0 Å². The molecular formula is C14H22N2O3. The molecule has 0 aliphatic carbocycles. The van der Waals surface area contributed by atoms with Gasteiger partial charge in [-0.1, -0.05) is 5.16 Å². The Morgan fingerprint density at radius 2 is 1.95 bits per heavy atom. The number of hydrogen-bond donors (Lipinski definition) is 0. The number of nitrogens with zero attached hydrogens (tertiary/aromatic N) is 2. The van der Waals surface area contributed by atoms with E-state index in [2.05, 4.69) is 5.16 Å². The zero-order valence-electron chi connectivity index (χ0n) is 12.1. The predicted molar refractivity (Wildman–Crippen MR) is 70.9 cm³/mol. The molecule has 1 amide bonds. The van der Waals surface area contributed by atoms with Crippen LogP contribution in [0.4, 0.5) is 0 Å². The first-order valence-corrected chi connectivity index (χ1v) is 6.82. The molecule has 2 atom stereocenters. The first-order valence-electron chi connectivity index (χ1n) is 6.82. The van der Waals surface area contributed by atoms with Gasteiger partial charge in [-0.15, -0.1) is 0 Å². The van der Waals surface area contributed by atoms with Gasteiger partial charge in [-0.3, -0.25) is 4.79 Å². The fraction of sp³-hybridized carbons (Fsp3) is 0.714. The van der Waals surface area contributed by atoms with E-state index in [9.17, 15) is 4.79 Å². The van der Waals surface area contributed by atoms with Gasteiger partial charge in [-0.05, 0) is 34.1 Å². The molecule has 1 aromatic rings. The molecule has 5 nitrogen and oxygen atoms in total. The minimum absolute atomic E-state index is 0.117. The minimum Gasteiger partial charge on any atom is -0.372 e. The maximum absolute atomic E-state index is 12.2. The van der Waals surface area contributed by atoms with Crippen molar-refractivity contribution in [2.24, 2.45) is 0 Å². The van der Waals surface area contributed by atoms with Gasteiger partial charge in [-0.25, -0.2) is 0 Å². The predicted octanol–water partition coefficient (Wildman–Crippen LogP) is 1.86. The van der Waals surface area contributed by atoms with Gasteiger partial charge in [0.1, 0.15) is 5.76 Å². The molecule has 1 fully saturated rings. The lowest BCUT2D eigenvalue weighted by molar-refractivity contribution is -0.143. The number of hydrogen-bond acceptors (Lipinski definition) is 4. The van der Waals surface area contributed by atoms with Crippen LogP contribution < -0.4 is 0 Å².